The summed E-state index contributed by atoms with van der Waals surface area (Å²) in [7, 11) is 0. The molecular formula is C57H67N3O4. The van der Waals surface area contributed by atoms with Crippen molar-refractivity contribution in [3.63, 3.8) is 0 Å². The van der Waals surface area contributed by atoms with Crippen molar-refractivity contribution < 1.29 is 0 Å². The molecule has 6 aromatic carbocycles. The fraction of sp³-hybridized carbons (Fsp3) is 0.474. The average molecular weight is 858 g/mol. The summed E-state index contributed by atoms with van der Waals surface area (Å²) in [5.74, 6) is 0. The van der Waals surface area contributed by atoms with Crippen molar-refractivity contribution >= 4 is 75.7 Å². The Labute approximate surface area is 376 Å². The SMILES string of the molecule is CCCCCCC(CCCCCC)n1c(=O)c2ccc3c4ccc5c(=O)n(C(CCCCCC)CCCCCC)c(=O)c6cc7c(c4c56)c4c3c2c(cc4n7Cc2ccccc2)c1=O. The summed E-state index contributed by atoms with van der Waals surface area (Å²) in [6.07, 6.45) is 20.7. The van der Waals surface area contributed by atoms with E-state index in [2.05, 4.69) is 80.8 Å². The first-order chi connectivity index (χ1) is 31.3. The number of hydrogen-bond acceptors (Lipinski definition) is 4. The third-order valence-corrected chi connectivity index (χ3v) is 14.9. The zero-order chi connectivity index (χ0) is 44.5. The number of nitrogens with zero attached hydrogens (tertiary/aromatic N) is 3. The first-order valence-electron chi connectivity index (χ1n) is 25.2. The molecule has 0 N–H and O–H groups in total. The van der Waals surface area contributed by atoms with Crippen molar-refractivity contribution in [2.45, 2.75) is 175 Å². The van der Waals surface area contributed by atoms with Gasteiger partial charge in [-0.2, -0.15) is 0 Å². The van der Waals surface area contributed by atoms with Gasteiger partial charge in [-0.3, -0.25) is 28.3 Å². The molecule has 0 saturated heterocycles. The van der Waals surface area contributed by atoms with Gasteiger partial charge in [0.05, 0.1) is 21.8 Å². The predicted molar refractivity (Wildman–Crippen MR) is 271 cm³/mol. The fourth-order valence-electron chi connectivity index (χ4n) is 11.6. The van der Waals surface area contributed by atoms with E-state index in [0.717, 1.165) is 188 Å². The second-order valence-corrected chi connectivity index (χ2v) is 19.2. The first-order valence-corrected chi connectivity index (χ1v) is 25.2. The van der Waals surface area contributed by atoms with Crippen LogP contribution in [-0.2, 0) is 6.54 Å². The van der Waals surface area contributed by atoms with Crippen molar-refractivity contribution in [2.24, 2.45) is 0 Å². The summed E-state index contributed by atoms with van der Waals surface area (Å²) >= 11 is 0. The third-order valence-electron chi connectivity index (χ3n) is 14.9. The van der Waals surface area contributed by atoms with Crippen LogP contribution in [0.3, 0.4) is 0 Å². The second kappa shape index (κ2) is 19.0. The number of fused-ring (bicyclic) bond motifs is 1. The highest BCUT2D eigenvalue weighted by Crippen LogP contribution is 2.49. The summed E-state index contributed by atoms with van der Waals surface area (Å²) in [6, 6.07) is 22.2. The predicted octanol–water partition coefficient (Wildman–Crippen LogP) is 14.4. The summed E-state index contributed by atoms with van der Waals surface area (Å²) in [5.41, 5.74) is 2.16. The molecule has 3 heterocycles. The zero-order valence-corrected chi connectivity index (χ0v) is 38.8. The van der Waals surface area contributed by atoms with Gasteiger partial charge in [0.15, 0.2) is 0 Å². The van der Waals surface area contributed by atoms with Gasteiger partial charge in [-0.25, -0.2) is 0 Å². The van der Waals surface area contributed by atoms with E-state index in [-0.39, 0.29) is 34.3 Å². The van der Waals surface area contributed by atoms with Gasteiger partial charge in [0, 0.05) is 61.7 Å². The van der Waals surface area contributed by atoms with E-state index in [4.69, 9.17) is 0 Å². The number of hydrogen-bond donors (Lipinski definition) is 0. The smallest absolute Gasteiger partial charge is 0.261 e. The summed E-state index contributed by atoms with van der Waals surface area (Å²) < 4.78 is 5.57. The van der Waals surface area contributed by atoms with Crippen LogP contribution in [0.4, 0.5) is 0 Å². The Hall–Kier alpha value is -5.30. The maximum Gasteiger partial charge on any atom is 0.261 e. The van der Waals surface area contributed by atoms with Crippen LogP contribution in [0.5, 0.6) is 0 Å². The van der Waals surface area contributed by atoms with Gasteiger partial charge >= 0.3 is 0 Å². The van der Waals surface area contributed by atoms with E-state index in [9.17, 15) is 9.59 Å². The van der Waals surface area contributed by atoms with Crippen LogP contribution in [-0.4, -0.2) is 13.7 Å². The van der Waals surface area contributed by atoms with Crippen LogP contribution < -0.4 is 22.2 Å². The molecular weight excluding hydrogens is 791 g/mol. The Morgan fingerprint density at radius 2 is 0.734 bits per heavy atom. The van der Waals surface area contributed by atoms with Crippen molar-refractivity contribution in [2.75, 3.05) is 0 Å². The lowest BCUT2D eigenvalue weighted by atomic mass is 9.86. The zero-order valence-electron chi connectivity index (χ0n) is 38.8. The van der Waals surface area contributed by atoms with E-state index in [1.807, 2.05) is 18.2 Å². The molecule has 0 aliphatic rings. The molecule has 64 heavy (non-hydrogen) atoms. The van der Waals surface area contributed by atoms with Gasteiger partial charge in [-0.1, -0.05) is 173 Å². The van der Waals surface area contributed by atoms with Crippen LogP contribution in [0.2, 0.25) is 0 Å². The lowest BCUT2D eigenvalue weighted by Gasteiger charge is -2.23. The maximum atomic E-state index is 15.2. The summed E-state index contributed by atoms with van der Waals surface area (Å²) in [5, 5.41) is 9.53. The fourth-order valence-corrected chi connectivity index (χ4v) is 11.6. The van der Waals surface area contributed by atoms with Gasteiger partial charge in [-0.15, -0.1) is 0 Å². The van der Waals surface area contributed by atoms with Crippen LogP contribution in [0.15, 0.2) is 85.9 Å². The molecule has 0 aliphatic carbocycles. The average Bonchev–Trinajstić information content (AvgIpc) is 3.62. The lowest BCUT2D eigenvalue weighted by Crippen LogP contribution is -2.37. The Morgan fingerprint density at radius 1 is 0.375 bits per heavy atom. The molecule has 0 aliphatic heterocycles. The highest BCUT2D eigenvalue weighted by molar-refractivity contribution is 6.45. The topological polar surface area (TPSA) is 83.1 Å². The van der Waals surface area contributed by atoms with Gasteiger partial charge in [0.1, 0.15) is 0 Å². The maximum absolute atomic E-state index is 15.2. The number of unbranched alkanes of at least 4 members (excludes halogenated alkanes) is 12. The minimum atomic E-state index is -0.200. The standard InChI is InChI=1S/C57H67N3O4/c1-5-9-13-20-26-38(27-21-14-10-6-2)59-54(61)42-32-30-40-41-31-33-43-49-45(57(64)60(55(43)62)39(28-22-15-11-7-3)29-23-16-12-8-4)35-47-53(51(41)49)52-46(34-44(56(59)63)48(42)50(40)52)58(47)36-37-24-18-17-19-25-37/h17-19,24-25,30-35,38-39H,5-16,20-23,26-29,36H2,1-4H3. The monoisotopic (exact) mass is 858 g/mol. The summed E-state index contributed by atoms with van der Waals surface area (Å²) in [6.45, 7) is 9.38. The van der Waals surface area contributed by atoms with Crippen molar-refractivity contribution in [3.05, 3.63) is 114 Å². The highest BCUT2D eigenvalue weighted by Gasteiger charge is 2.30. The molecule has 0 radical (unpaired) electrons. The quantitative estimate of drug-likeness (QED) is 0.0344. The molecule has 0 saturated carbocycles. The summed E-state index contributed by atoms with van der Waals surface area (Å²) in [4.78, 5) is 60.3. The third kappa shape index (κ3) is 7.54. The van der Waals surface area contributed by atoms with Crippen LogP contribution >= 0.6 is 0 Å². The van der Waals surface area contributed by atoms with Crippen molar-refractivity contribution in [1.82, 2.24) is 13.7 Å². The minimum absolute atomic E-state index is 0.160. The van der Waals surface area contributed by atoms with Crippen LogP contribution in [0.1, 0.15) is 174 Å². The molecule has 3 aromatic heterocycles. The Kier molecular flexibility index (Phi) is 13.1. The van der Waals surface area contributed by atoms with E-state index in [1.54, 1.807) is 9.13 Å². The number of benzene rings is 6. The van der Waals surface area contributed by atoms with Crippen molar-refractivity contribution in [1.29, 1.82) is 0 Å². The number of pyridine rings is 2. The molecule has 0 spiro atoms. The molecule has 334 valence electrons. The molecule has 0 bridgehead atoms. The van der Waals surface area contributed by atoms with Crippen LogP contribution in [0.25, 0.3) is 75.7 Å². The van der Waals surface area contributed by atoms with E-state index >= 15 is 9.59 Å². The van der Waals surface area contributed by atoms with Crippen LogP contribution in [0, 0.1) is 0 Å². The largest absolute Gasteiger partial charge is 0.336 e. The van der Waals surface area contributed by atoms with Gasteiger partial charge in [0.2, 0.25) is 0 Å². The molecule has 9 rings (SSSR count). The van der Waals surface area contributed by atoms with Crippen molar-refractivity contribution in [3.8, 4) is 0 Å². The Balaban J connectivity index is 1.34. The minimum Gasteiger partial charge on any atom is -0.336 e. The first kappa shape index (κ1) is 43.9. The molecule has 0 amide bonds. The van der Waals surface area contributed by atoms with E-state index < -0.39 is 0 Å². The highest BCUT2D eigenvalue weighted by atomic mass is 16.2. The van der Waals surface area contributed by atoms with Gasteiger partial charge in [-0.05, 0) is 66.3 Å². The molecule has 7 heteroatoms. The van der Waals surface area contributed by atoms with Gasteiger partial charge < -0.3 is 4.57 Å². The molecule has 0 unspecified atom stereocenters. The lowest BCUT2D eigenvalue weighted by molar-refractivity contribution is 0.384. The van der Waals surface area contributed by atoms with Gasteiger partial charge in [0.25, 0.3) is 22.2 Å². The number of rotatable bonds is 24. The van der Waals surface area contributed by atoms with E-state index in [0.29, 0.717) is 28.1 Å². The molecule has 9 aromatic rings. The Bertz CT molecular complexity index is 3030. The molecule has 0 fully saturated rings. The van der Waals surface area contributed by atoms with E-state index in [1.165, 1.54) is 0 Å². The molecule has 7 nitrogen and oxygen atoms in total. The molecule has 0 atom stereocenters. The number of aromatic nitrogens is 3. The Morgan fingerprint density at radius 3 is 1.11 bits per heavy atom. The second-order valence-electron chi connectivity index (χ2n) is 19.2. The normalized spacial score (nSPS) is 12.7.